The lowest BCUT2D eigenvalue weighted by molar-refractivity contribution is 0.0601. The summed E-state index contributed by atoms with van der Waals surface area (Å²) in [6.07, 6.45) is 3.68. The first kappa shape index (κ1) is 15.1. The monoisotopic (exact) mass is 377 g/mol. The molecule has 3 aromatic rings. The first-order valence-corrected chi connectivity index (χ1v) is 8.43. The van der Waals surface area contributed by atoms with Gasteiger partial charge in [-0.2, -0.15) is 5.10 Å². The third-order valence-corrected chi connectivity index (χ3v) is 4.35. The van der Waals surface area contributed by atoms with Gasteiger partial charge in [0, 0.05) is 16.1 Å². The van der Waals surface area contributed by atoms with Crippen LogP contribution in [0, 0.1) is 0 Å². The van der Waals surface area contributed by atoms with Crippen LogP contribution >= 0.6 is 27.7 Å². The third kappa shape index (κ3) is 2.62. The molecule has 0 aliphatic heterocycles. The Morgan fingerprint density at radius 1 is 1.32 bits per heavy atom. The number of methoxy groups -OCH3 is 1. The second kappa shape index (κ2) is 6.10. The lowest BCUT2D eigenvalue weighted by atomic mass is 10.1. The van der Waals surface area contributed by atoms with Crippen LogP contribution in [0.2, 0.25) is 0 Å². The van der Waals surface area contributed by atoms with E-state index in [4.69, 9.17) is 4.74 Å². The van der Waals surface area contributed by atoms with E-state index < -0.39 is 0 Å². The molecular formula is C15H12BrN3O2S. The molecule has 0 atom stereocenters. The van der Waals surface area contributed by atoms with Crippen LogP contribution in [0.25, 0.3) is 16.7 Å². The predicted octanol–water partition coefficient (Wildman–Crippen LogP) is 3.69. The fourth-order valence-electron chi connectivity index (χ4n) is 2.15. The van der Waals surface area contributed by atoms with E-state index in [2.05, 4.69) is 26.0 Å². The van der Waals surface area contributed by atoms with Crippen LogP contribution in [0.1, 0.15) is 10.4 Å². The Labute approximate surface area is 139 Å². The van der Waals surface area contributed by atoms with Crippen LogP contribution in [0.5, 0.6) is 0 Å². The minimum absolute atomic E-state index is 0.371. The van der Waals surface area contributed by atoms with Crippen molar-refractivity contribution in [2.24, 2.45) is 0 Å². The Morgan fingerprint density at radius 3 is 2.77 bits per heavy atom. The Kier molecular flexibility index (Phi) is 4.17. The molecule has 2 aromatic heterocycles. The van der Waals surface area contributed by atoms with Crippen molar-refractivity contribution in [1.29, 1.82) is 0 Å². The molecule has 1 aromatic carbocycles. The van der Waals surface area contributed by atoms with Gasteiger partial charge in [0.25, 0.3) is 0 Å². The number of ether oxygens (including phenoxy) is 1. The van der Waals surface area contributed by atoms with Crippen molar-refractivity contribution in [1.82, 2.24) is 14.8 Å². The molecule has 22 heavy (non-hydrogen) atoms. The summed E-state index contributed by atoms with van der Waals surface area (Å²) in [5.74, 6) is 0.319. The molecule has 0 bridgehead atoms. The standard InChI is InChI=1S/C15H12BrN3O2S/c1-21-15(20)9-3-5-11-12(7-9)19(18-14(11)22-2)13-6-4-10(16)8-17-13/h3-8H,1-2H3. The number of carbonyl (C=O) groups excluding carboxylic acids is 1. The molecule has 3 rings (SSSR count). The first-order valence-electron chi connectivity index (χ1n) is 6.41. The molecule has 0 aliphatic rings. The second-order valence-corrected chi connectivity index (χ2v) is 6.19. The number of hydrogen-bond donors (Lipinski definition) is 0. The third-order valence-electron chi connectivity index (χ3n) is 3.19. The molecule has 0 N–H and O–H groups in total. The molecule has 0 radical (unpaired) electrons. The average molecular weight is 378 g/mol. The maximum absolute atomic E-state index is 11.7. The van der Waals surface area contributed by atoms with Crippen molar-refractivity contribution < 1.29 is 9.53 Å². The average Bonchev–Trinajstić information content (AvgIpc) is 2.92. The minimum atomic E-state index is -0.371. The summed E-state index contributed by atoms with van der Waals surface area (Å²) >= 11 is 4.92. The summed E-state index contributed by atoms with van der Waals surface area (Å²) in [4.78, 5) is 16.1. The summed E-state index contributed by atoms with van der Waals surface area (Å²) in [7, 11) is 1.37. The molecule has 0 spiro atoms. The summed E-state index contributed by atoms with van der Waals surface area (Å²) < 4.78 is 7.42. The van der Waals surface area contributed by atoms with E-state index in [1.54, 1.807) is 34.8 Å². The van der Waals surface area contributed by atoms with Crippen molar-refractivity contribution in [3.05, 3.63) is 46.6 Å². The number of hydrogen-bond acceptors (Lipinski definition) is 5. The largest absolute Gasteiger partial charge is 0.465 e. The number of thioether (sulfide) groups is 1. The highest BCUT2D eigenvalue weighted by molar-refractivity contribution is 9.10. The summed E-state index contributed by atoms with van der Waals surface area (Å²) in [5, 5.41) is 6.45. The zero-order valence-corrected chi connectivity index (χ0v) is 14.3. The molecule has 2 heterocycles. The summed E-state index contributed by atoms with van der Waals surface area (Å²) in [6.45, 7) is 0. The van der Waals surface area contributed by atoms with Crippen molar-refractivity contribution >= 4 is 44.6 Å². The van der Waals surface area contributed by atoms with Gasteiger partial charge in [0.1, 0.15) is 5.03 Å². The number of rotatable bonds is 3. The Hall–Kier alpha value is -1.86. The zero-order chi connectivity index (χ0) is 15.7. The fraction of sp³-hybridized carbons (Fsp3) is 0.133. The van der Waals surface area contributed by atoms with E-state index in [0.717, 1.165) is 20.4 Å². The maximum Gasteiger partial charge on any atom is 0.337 e. The van der Waals surface area contributed by atoms with Crippen LogP contribution in [0.15, 0.2) is 46.0 Å². The van der Waals surface area contributed by atoms with Crippen molar-refractivity contribution in [2.45, 2.75) is 5.03 Å². The zero-order valence-electron chi connectivity index (χ0n) is 11.9. The SMILES string of the molecule is COC(=O)c1ccc2c(SC)nn(-c3ccc(Br)cn3)c2c1. The molecule has 0 amide bonds. The van der Waals surface area contributed by atoms with E-state index >= 15 is 0 Å². The number of esters is 1. The van der Waals surface area contributed by atoms with E-state index in [0.29, 0.717) is 11.4 Å². The number of aromatic nitrogens is 3. The van der Waals surface area contributed by atoms with Crippen LogP contribution in [0.3, 0.4) is 0 Å². The topological polar surface area (TPSA) is 57.0 Å². The molecule has 112 valence electrons. The number of carbonyl (C=O) groups is 1. The van der Waals surface area contributed by atoms with Gasteiger partial charge in [-0.3, -0.25) is 0 Å². The molecule has 7 heteroatoms. The van der Waals surface area contributed by atoms with Crippen LogP contribution in [-0.4, -0.2) is 34.1 Å². The minimum Gasteiger partial charge on any atom is -0.465 e. The Morgan fingerprint density at radius 2 is 2.14 bits per heavy atom. The number of fused-ring (bicyclic) bond motifs is 1. The fourth-order valence-corrected chi connectivity index (χ4v) is 2.94. The molecule has 5 nitrogen and oxygen atoms in total. The van der Waals surface area contributed by atoms with Crippen molar-refractivity contribution in [3.63, 3.8) is 0 Å². The maximum atomic E-state index is 11.7. The number of nitrogens with zero attached hydrogens (tertiary/aromatic N) is 3. The smallest absolute Gasteiger partial charge is 0.337 e. The predicted molar refractivity (Wildman–Crippen MR) is 89.7 cm³/mol. The number of benzene rings is 1. The highest BCUT2D eigenvalue weighted by Gasteiger charge is 2.15. The second-order valence-electron chi connectivity index (χ2n) is 4.48. The molecule has 0 saturated heterocycles. The van der Waals surface area contributed by atoms with Gasteiger partial charge in [0.2, 0.25) is 0 Å². The van der Waals surface area contributed by atoms with E-state index in [1.165, 1.54) is 7.11 Å². The number of pyridine rings is 1. The molecule has 0 aliphatic carbocycles. The van der Waals surface area contributed by atoms with Crippen molar-refractivity contribution in [2.75, 3.05) is 13.4 Å². The van der Waals surface area contributed by atoms with Gasteiger partial charge in [0.15, 0.2) is 5.82 Å². The summed E-state index contributed by atoms with van der Waals surface area (Å²) in [5.41, 5.74) is 1.31. The van der Waals surface area contributed by atoms with E-state index in [9.17, 15) is 4.79 Å². The Bertz CT molecular complexity index is 846. The van der Waals surface area contributed by atoms with Gasteiger partial charge in [-0.15, -0.1) is 11.8 Å². The Balaban J connectivity index is 2.24. The first-order chi connectivity index (χ1) is 10.6. The highest BCUT2D eigenvalue weighted by atomic mass is 79.9. The van der Waals surface area contributed by atoms with E-state index in [-0.39, 0.29) is 5.97 Å². The van der Waals surface area contributed by atoms with Gasteiger partial charge in [-0.25, -0.2) is 14.5 Å². The van der Waals surface area contributed by atoms with E-state index in [1.807, 2.05) is 24.5 Å². The van der Waals surface area contributed by atoms with Crippen LogP contribution in [-0.2, 0) is 4.74 Å². The summed E-state index contributed by atoms with van der Waals surface area (Å²) in [6, 6.07) is 9.17. The van der Waals surface area contributed by atoms with Crippen LogP contribution < -0.4 is 0 Å². The van der Waals surface area contributed by atoms with Gasteiger partial charge < -0.3 is 4.74 Å². The quantitative estimate of drug-likeness (QED) is 0.514. The highest BCUT2D eigenvalue weighted by Crippen LogP contribution is 2.28. The van der Waals surface area contributed by atoms with Gasteiger partial charge in [-0.1, -0.05) is 0 Å². The van der Waals surface area contributed by atoms with Gasteiger partial charge >= 0.3 is 5.97 Å². The van der Waals surface area contributed by atoms with Crippen LogP contribution in [0.4, 0.5) is 0 Å². The molecule has 0 saturated carbocycles. The normalized spacial score (nSPS) is 10.9. The molecular weight excluding hydrogens is 366 g/mol. The molecule has 0 unspecified atom stereocenters. The van der Waals surface area contributed by atoms with Gasteiger partial charge in [0.05, 0.1) is 18.2 Å². The lowest BCUT2D eigenvalue weighted by Crippen LogP contribution is -2.02. The van der Waals surface area contributed by atoms with Crippen molar-refractivity contribution in [3.8, 4) is 5.82 Å². The lowest BCUT2D eigenvalue weighted by Gasteiger charge is -2.04. The molecule has 0 fully saturated rings. The number of halogens is 1. The van der Waals surface area contributed by atoms with Gasteiger partial charge in [-0.05, 0) is 52.5 Å².